The van der Waals surface area contributed by atoms with Gasteiger partial charge < -0.3 is 16.0 Å². The van der Waals surface area contributed by atoms with Gasteiger partial charge in [0.05, 0.1) is 12.2 Å². The van der Waals surface area contributed by atoms with Crippen molar-refractivity contribution in [1.82, 2.24) is 19.9 Å². The van der Waals surface area contributed by atoms with Crippen LogP contribution in [0.25, 0.3) is 0 Å². The van der Waals surface area contributed by atoms with Crippen molar-refractivity contribution in [3.05, 3.63) is 63.8 Å². The van der Waals surface area contributed by atoms with Crippen LogP contribution in [0.15, 0.2) is 51.1 Å². The Kier molecular flexibility index (Phi) is 4.99. The van der Waals surface area contributed by atoms with Crippen molar-refractivity contribution in [1.29, 1.82) is 0 Å². The Hall–Kier alpha value is -2.87. The number of hydrogen-bond donors (Lipinski definition) is 3. The number of aromatic amines is 1. The third kappa shape index (κ3) is 4.80. The zero-order valence-corrected chi connectivity index (χ0v) is 14.7. The SMILES string of the molecule is Cc1ccc(Sc2cc(NCc3cc(=O)[nH]c(C)n3)nc(N)n2)cc1. The van der Waals surface area contributed by atoms with E-state index in [0.29, 0.717) is 23.9 Å². The Morgan fingerprint density at radius 2 is 1.88 bits per heavy atom. The van der Waals surface area contributed by atoms with Gasteiger partial charge in [-0.15, -0.1) is 0 Å². The lowest BCUT2D eigenvalue weighted by molar-refractivity contribution is 0.926. The quantitative estimate of drug-likeness (QED) is 0.604. The van der Waals surface area contributed by atoms with E-state index < -0.39 is 0 Å². The van der Waals surface area contributed by atoms with Crippen LogP contribution in [0.4, 0.5) is 11.8 Å². The number of anilines is 2. The molecule has 0 unspecified atom stereocenters. The molecular formula is C17H18N6OS. The Labute approximate surface area is 149 Å². The number of aromatic nitrogens is 4. The van der Waals surface area contributed by atoms with Crippen molar-refractivity contribution in [3.8, 4) is 0 Å². The average Bonchev–Trinajstić information content (AvgIpc) is 2.54. The van der Waals surface area contributed by atoms with E-state index in [1.54, 1.807) is 6.92 Å². The topological polar surface area (TPSA) is 110 Å². The van der Waals surface area contributed by atoms with E-state index >= 15 is 0 Å². The van der Waals surface area contributed by atoms with E-state index in [1.807, 2.05) is 37.3 Å². The fourth-order valence-electron chi connectivity index (χ4n) is 2.23. The highest BCUT2D eigenvalue weighted by Gasteiger charge is 2.06. The minimum atomic E-state index is -0.179. The molecule has 0 amide bonds. The van der Waals surface area contributed by atoms with Crippen molar-refractivity contribution >= 4 is 23.5 Å². The van der Waals surface area contributed by atoms with Gasteiger partial charge in [-0.2, -0.15) is 4.98 Å². The summed E-state index contributed by atoms with van der Waals surface area (Å²) in [4.78, 5) is 27.9. The number of hydrogen-bond acceptors (Lipinski definition) is 7. The predicted octanol–water partition coefficient (Wildman–Crippen LogP) is 2.52. The second-order valence-corrected chi connectivity index (χ2v) is 6.63. The smallest absolute Gasteiger partial charge is 0.251 e. The van der Waals surface area contributed by atoms with E-state index in [4.69, 9.17) is 5.73 Å². The van der Waals surface area contributed by atoms with Crippen LogP contribution < -0.4 is 16.6 Å². The third-order valence-corrected chi connectivity index (χ3v) is 4.25. The molecule has 0 aliphatic carbocycles. The first kappa shape index (κ1) is 17.0. The predicted molar refractivity (Wildman–Crippen MR) is 98.7 cm³/mol. The zero-order valence-electron chi connectivity index (χ0n) is 13.9. The molecule has 128 valence electrons. The summed E-state index contributed by atoms with van der Waals surface area (Å²) in [5.74, 6) is 1.35. The summed E-state index contributed by atoms with van der Waals surface area (Å²) in [7, 11) is 0. The van der Waals surface area contributed by atoms with Gasteiger partial charge in [-0.3, -0.25) is 4.79 Å². The highest BCUT2D eigenvalue weighted by molar-refractivity contribution is 7.99. The fourth-order valence-corrected chi connectivity index (χ4v) is 3.05. The highest BCUT2D eigenvalue weighted by Crippen LogP contribution is 2.28. The highest BCUT2D eigenvalue weighted by atomic mass is 32.2. The number of nitrogens with two attached hydrogens (primary N) is 1. The van der Waals surface area contributed by atoms with Crippen molar-refractivity contribution in [2.75, 3.05) is 11.1 Å². The molecule has 3 rings (SSSR count). The Balaban J connectivity index is 1.74. The zero-order chi connectivity index (χ0) is 17.8. The number of benzene rings is 1. The molecule has 7 nitrogen and oxygen atoms in total. The Morgan fingerprint density at radius 3 is 2.60 bits per heavy atom. The van der Waals surface area contributed by atoms with Crippen molar-refractivity contribution in [3.63, 3.8) is 0 Å². The maximum Gasteiger partial charge on any atom is 0.251 e. The second-order valence-electron chi connectivity index (χ2n) is 5.54. The molecule has 2 aromatic heterocycles. The standard InChI is InChI=1S/C17H18N6OS/c1-10-3-5-13(6-4-10)25-16-8-14(22-17(18)23-16)19-9-12-7-15(24)21-11(2)20-12/h3-8H,9H2,1-2H3,(H,20,21,24)(H3,18,19,22,23). The molecule has 0 radical (unpaired) electrons. The number of nitrogens with zero attached hydrogens (tertiary/aromatic N) is 3. The van der Waals surface area contributed by atoms with E-state index in [1.165, 1.54) is 23.4 Å². The summed E-state index contributed by atoms with van der Waals surface area (Å²) in [6, 6.07) is 11.4. The minimum Gasteiger partial charge on any atom is -0.368 e. The Bertz CT molecular complexity index is 939. The molecule has 0 bridgehead atoms. The maximum absolute atomic E-state index is 11.5. The summed E-state index contributed by atoms with van der Waals surface area (Å²) in [5.41, 5.74) is 7.46. The third-order valence-electron chi connectivity index (χ3n) is 3.33. The molecule has 25 heavy (non-hydrogen) atoms. The summed E-state index contributed by atoms with van der Waals surface area (Å²) in [6.07, 6.45) is 0. The van der Waals surface area contributed by atoms with Gasteiger partial charge in [-0.25, -0.2) is 9.97 Å². The van der Waals surface area contributed by atoms with Crippen LogP contribution in [0.5, 0.6) is 0 Å². The fraction of sp³-hybridized carbons (Fsp3) is 0.176. The number of nitrogens with one attached hydrogen (secondary N) is 2. The summed E-state index contributed by atoms with van der Waals surface area (Å²) < 4.78 is 0. The van der Waals surface area contributed by atoms with Gasteiger partial charge in [-0.05, 0) is 26.0 Å². The lowest BCUT2D eigenvalue weighted by Gasteiger charge is -2.08. The van der Waals surface area contributed by atoms with Crippen LogP contribution in [0, 0.1) is 13.8 Å². The molecule has 0 aliphatic rings. The summed E-state index contributed by atoms with van der Waals surface area (Å²) in [6.45, 7) is 4.16. The van der Waals surface area contributed by atoms with Crippen molar-refractivity contribution in [2.45, 2.75) is 30.3 Å². The number of aryl methyl sites for hydroxylation is 2. The van der Waals surface area contributed by atoms with Gasteiger partial charge in [0.2, 0.25) is 5.95 Å². The first-order valence-electron chi connectivity index (χ1n) is 7.68. The number of H-pyrrole nitrogens is 1. The molecule has 0 fully saturated rings. The summed E-state index contributed by atoms with van der Waals surface area (Å²) in [5, 5.41) is 3.88. The number of rotatable bonds is 5. The van der Waals surface area contributed by atoms with E-state index in [9.17, 15) is 4.79 Å². The monoisotopic (exact) mass is 354 g/mol. The normalized spacial score (nSPS) is 10.6. The van der Waals surface area contributed by atoms with Crippen molar-refractivity contribution in [2.24, 2.45) is 0 Å². The van der Waals surface area contributed by atoms with Crippen LogP contribution >= 0.6 is 11.8 Å². The second kappa shape index (κ2) is 7.35. The van der Waals surface area contributed by atoms with Crippen LogP contribution in [0.1, 0.15) is 17.1 Å². The van der Waals surface area contributed by atoms with Crippen LogP contribution in [0.3, 0.4) is 0 Å². The summed E-state index contributed by atoms with van der Waals surface area (Å²) >= 11 is 1.51. The molecule has 8 heteroatoms. The maximum atomic E-state index is 11.5. The lowest BCUT2D eigenvalue weighted by atomic mass is 10.2. The van der Waals surface area contributed by atoms with Crippen molar-refractivity contribution < 1.29 is 0 Å². The molecule has 3 aromatic rings. The minimum absolute atomic E-state index is 0.179. The molecule has 0 atom stereocenters. The molecule has 0 saturated heterocycles. The molecule has 1 aromatic carbocycles. The molecule has 4 N–H and O–H groups in total. The average molecular weight is 354 g/mol. The van der Waals surface area contributed by atoms with Crippen LogP contribution in [-0.2, 0) is 6.54 Å². The molecule has 2 heterocycles. The van der Waals surface area contributed by atoms with Gasteiger partial charge >= 0.3 is 0 Å². The van der Waals surface area contributed by atoms with Crippen LogP contribution in [-0.4, -0.2) is 19.9 Å². The molecule has 0 saturated carbocycles. The lowest BCUT2D eigenvalue weighted by Crippen LogP contribution is -2.13. The Morgan fingerprint density at radius 1 is 1.12 bits per heavy atom. The first-order chi connectivity index (χ1) is 12.0. The van der Waals surface area contributed by atoms with E-state index in [-0.39, 0.29) is 11.5 Å². The van der Waals surface area contributed by atoms with Gasteiger partial charge in [-0.1, -0.05) is 29.5 Å². The molecule has 0 aliphatic heterocycles. The van der Waals surface area contributed by atoms with Gasteiger partial charge in [0, 0.05) is 17.0 Å². The number of nitrogen functional groups attached to an aromatic ring is 1. The van der Waals surface area contributed by atoms with Crippen LogP contribution in [0.2, 0.25) is 0 Å². The first-order valence-corrected chi connectivity index (χ1v) is 8.49. The van der Waals surface area contributed by atoms with Gasteiger partial charge in [0.25, 0.3) is 5.56 Å². The van der Waals surface area contributed by atoms with E-state index in [0.717, 1.165) is 9.92 Å². The van der Waals surface area contributed by atoms with Gasteiger partial charge in [0.1, 0.15) is 16.7 Å². The largest absolute Gasteiger partial charge is 0.368 e. The van der Waals surface area contributed by atoms with E-state index in [2.05, 4.69) is 25.3 Å². The molecular weight excluding hydrogens is 336 g/mol. The molecule has 0 spiro atoms. The van der Waals surface area contributed by atoms with Gasteiger partial charge in [0.15, 0.2) is 0 Å².